The van der Waals surface area contributed by atoms with Gasteiger partial charge in [0.1, 0.15) is 6.79 Å². The van der Waals surface area contributed by atoms with E-state index in [2.05, 4.69) is 4.90 Å². The first kappa shape index (κ1) is 11.3. The molecule has 1 N–H and O–H groups in total. The van der Waals surface area contributed by atoms with Gasteiger partial charge in [-0.15, -0.1) is 0 Å². The number of aliphatic hydroxyl groups excluding tert-OH is 1. The molecule has 3 unspecified atom stereocenters. The van der Waals surface area contributed by atoms with Crippen LogP contribution in [-0.4, -0.2) is 55.2 Å². The van der Waals surface area contributed by atoms with Gasteiger partial charge in [0.25, 0.3) is 0 Å². The summed E-state index contributed by atoms with van der Waals surface area (Å²) >= 11 is 0. The summed E-state index contributed by atoms with van der Waals surface area (Å²) in [6.45, 7) is 6.25. The molecule has 88 valence electrons. The van der Waals surface area contributed by atoms with Gasteiger partial charge in [-0.3, -0.25) is 0 Å². The maximum atomic E-state index is 9.50. The van der Waals surface area contributed by atoms with E-state index in [9.17, 15) is 5.11 Å². The Morgan fingerprint density at radius 1 is 1.47 bits per heavy atom. The summed E-state index contributed by atoms with van der Waals surface area (Å²) in [7, 11) is 0. The van der Waals surface area contributed by atoms with Gasteiger partial charge in [0.15, 0.2) is 0 Å². The fourth-order valence-electron chi connectivity index (χ4n) is 2.36. The van der Waals surface area contributed by atoms with Crippen molar-refractivity contribution < 1.29 is 14.6 Å². The minimum absolute atomic E-state index is 0.175. The van der Waals surface area contributed by atoms with E-state index in [4.69, 9.17) is 9.47 Å². The van der Waals surface area contributed by atoms with Crippen molar-refractivity contribution in [3.05, 3.63) is 0 Å². The maximum Gasteiger partial charge on any atom is 0.147 e. The SMILES string of the molecule is CC(O)C1CCN(CC2CCOCO2)C1. The lowest BCUT2D eigenvalue weighted by molar-refractivity contribution is -0.143. The summed E-state index contributed by atoms with van der Waals surface area (Å²) in [5, 5.41) is 9.50. The Labute approximate surface area is 91.2 Å². The van der Waals surface area contributed by atoms with Gasteiger partial charge in [0.2, 0.25) is 0 Å². The topological polar surface area (TPSA) is 41.9 Å². The van der Waals surface area contributed by atoms with Gasteiger partial charge in [-0.2, -0.15) is 0 Å². The van der Waals surface area contributed by atoms with Crippen LogP contribution in [0.3, 0.4) is 0 Å². The van der Waals surface area contributed by atoms with Crippen LogP contribution in [0.25, 0.3) is 0 Å². The third-order valence-corrected chi connectivity index (χ3v) is 3.42. The molecular formula is C11H21NO3. The number of ether oxygens (including phenoxy) is 2. The fraction of sp³-hybridized carbons (Fsp3) is 1.00. The third-order valence-electron chi connectivity index (χ3n) is 3.42. The monoisotopic (exact) mass is 215 g/mol. The average molecular weight is 215 g/mol. The fourth-order valence-corrected chi connectivity index (χ4v) is 2.36. The lowest BCUT2D eigenvalue weighted by Gasteiger charge is -2.27. The Morgan fingerprint density at radius 2 is 2.33 bits per heavy atom. The molecule has 0 amide bonds. The van der Waals surface area contributed by atoms with Crippen LogP contribution in [0.4, 0.5) is 0 Å². The summed E-state index contributed by atoms with van der Waals surface area (Å²) in [5.74, 6) is 0.449. The van der Waals surface area contributed by atoms with Gasteiger partial charge in [0, 0.05) is 13.1 Å². The molecule has 0 aromatic heterocycles. The standard InChI is InChI=1S/C11H21NO3/c1-9(13)10-2-4-12(6-10)7-11-3-5-14-8-15-11/h9-11,13H,2-8H2,1H3. The third kappa shape index (κ3) is 3.14. The van der Waals surface area contributed by atoms with Gasteiger partial charge >= 0.3 is 0 Å². The molecule has 0 aliphatic carbocycles. The quantitative estimate of drug-likeness (QED) is 0.742. The molecule has 2 saturated heterocycles. The van der Waals surface area contributed by atoms with E-state index < -0.39 is 0 Å². The lowest BCUT2D eigenvalue weighted by atomic mass is 10.0. The van der Waals surface area contributed by atoms with Crippen LogP contribution >= 0.6 is 0 Å². The van der Waals surface area contributed by atoms with Crippen molar-refractivity contribution in [1.29, 1.82) is 0 Å². The average Bonchev–Trinajstić information content (AvgIpc) is 2.68. The highest BCUT2D eigenvalue weighted by Gasteiger charge is 2.28. The predicted octanol–water partition coefficient (Wildman–Crippen LogP) is 0.452. The molecule has 3 atom stereocenters. The number of hydrogen-bond donors (Lipinski definition) is 1. The summed E-state index contributed by atoms with van der Waals surface area (Å²) in [5.41, 5.74) is 0. The van der Waals surface area contributed by atoms with E-state index in [-0.39, 0.29) is 6.10 Å². The van der Waals surface area contributed by atoms with Gasteiger partial charge < -0.3 is 19.5 Å². The van der Waals surface area contributed by atoms with Crippen molar-refractivity contribution in [1.82, 2.24) is 4.90 Å². The molecule has 2 heterocycles. The van der Waals surface area contributed by atoms with Crippen molar-refractivity contribution in [2.45, 2.75) is 32.0 Å². The van der Waals surface area contributed by atoms with E-state index in [0.717, 1.165) is 39.1 Å². The molecule has 4 nitrogen and oxygen atoms in total. The van der Waals surface area contributed by atoms with Gasteiger partial charge in [-0.1, -0.05) is 0 Å². The first-order valence-electron chi connectivity index (χ1n) is 5.85. The highest BCUT2D eigenvalue weighted by Crippen LogP contribution is 2.21. The second-order valence-electron chi connectivity index (χ2n) is 4.65. The lowest BCUT2D eigenvalue weighted by Crippen LogP contribution is -2.36. The molecule has 2 rings (SSSR count). The Bertz CT molecular complexity index is 192. The van der Waals surface area contributed by atoms with Crippen LogP contribution in [0.5, 0.6) is 0 Å². The molecule has 0 spiro atoms. The molecule has 0 aromatic rings. The summed E-state index contributed by atoms with van der Waals surface area (Å²) < 4.78 is 10.7. The highest BCUT2D eigenvalue weighted by atomic mass is 16.7. The second-order valence-corrected chi connectivity index (χ2v) is 4.65. The van der Waals surface area contributed by atoms with Crippen LogP contribution in [0.15, 0.2) is 0 Å². The zero-order chi connectivity index (χ0) is 10.7. The summed E-state index contributed by atoms with van der Waals surface area (Å²) in [4.78, 5) is 2.40. The van der Waals surface area contributed by atoms with Crippen molar-refractivity contribution >= 4 is 0 Å². The maximum absolute atomic E-state index is 9.50. The first-order chi connectivity index (χ1) is 7.25. The highest BCUT2D eigenvalue weighted by molar-refractivity contribution is 4.80. The Balaban J connectivity index is 1.71. The molecule has 0 aromatic carbocycles. The van der Waals surface area contributed by atoms with Crippen LogP contribution in [0.2, 0.25) is 0 Å². The molecule has 0 radical (unpaired) electrons. The smallest absolute Gasteiger partial charge is 0.147 e. The van der Waals surface area contributed by atoms with Crippen LogP contribution in [-0.2, 0) is 9.47 Å². The van der Waals surface area contributed by atoms with Crippen LogP contribution < -0.4 is 0 Å². The first-order valence-corrected chi connectivity index (χ1v) is 5.85. The van der Waals surface area contributed by atoms with Gasteiger partial charge in [0.05, 0.1) is 18.8 Å². The molecule has 0 bridgehead atoms. The van der Waals surface area contributed by atoms with E-state index >= 15 is 0 Å². The van der Waals surface area contributed by atoms with Crippen molar-refractivity contribution in [3.8, 4) is 0 Å². The zero-order valence-corrected chi connectivity index (χ0v) is 9.39. The van der Waals surface area contributed by atoms with E-state index in [1.54, 1.807) is 0 Å². The van der Waals surface area contributed by atoms with Crippen LogP contribution in [0, 0.1) is 5.92 Å². The van der Waals surface area contributed by atoms with Crippen molar-refractivity contribution in [2.24, 2.45) is 5.92 Å². The molecule has 0 saturated carbocycles. The number of nitrogens with zero attached hydrogens (tertiary/aromatic N) is 1. The van der Waals surface area contributed by atoms with Gasteiger partial charge in [-0.05, 0) is 32.2 Å². The Hall–Kier alpha value is -0.160. The Morgan fingerprint density at radius 3 is 2.93 bits per heavy atom. The minimum atomic E-state index is -0.175. The minimum Gasteiger partial charge on any atom is -0.393 e. The second kappa shape index (κ2) is 5.25. The van der Waals surface area contributed by atoms with E-state index in [1.165, 1.54) is 0 Å². The molecule has 4 heteroatoms. The molecule has 2 aliphatic heterocycles. The Kier molecular flexibility index (Phi) is 3.97. The summed E-state index contributed by atoms with van der Waals surface area (Å²) in [6, 6.07) is 0. The van der Waals surface area contributed by atoms with Crippen molar-refractivity contribution in [3.63, 3.8) is 0 Å². The normalized spacial score (nSPS) is 35.6. The molecule has 2 fully saturated rings. The van der Waals surface area contributed by atoms with Crippen molar-refractivity contribution in [2.75, 3.05) is 33.0 Å². The van der Waals surface area contributed by atoms with Crippen LogP contribution in [0.1, 0.15) is 19.8 Å². The number of hydrogen-bond acceptors (Lipinski definition) is 4. The zero-order valence-electron chi connectivity index (χ0n) is 9.39. The number of likely N-dealkylation sites (tertiary alicyclic amines) is 1. The largest absolute Gasteiger partial charge is 0.393 e. The molecule has 2 aliphatic rings. The number of rotatable bonds is 3. The predicted molar refractivity (Wildman–Crippen MR) is 56.5 cm³/mol. The van der Waals surface area contributed by atoms with Gasteiger partial charge in [-0.25, -0.2) is 0 Å². The molecular weight excluding hydrogens is 194 g/mol. The number of aliphatic hydroxyl groups is 1. The summed E-state index contributed by atoms with van der Waals surface area (Å²) in [6.07, 6.45) is 2.26. The molecule has 15 heavy (non-hydrogen) atoms. The van der Waals surface area contributed by atoms with E-state index in [1.807, 2.05) is 6.92 Å². The van der Waals surface area contributed by atoms with E-state index in [0.29, 0.717) is 18.8 Å².